The number of ether oxygens (including phenoxy) is 1. The summed E-state index contributed by atoms with van der Waals surface area (Å²) in [6.45, 7) is 4.30. The molecule has 0 amide bonds. The first-order valence-electron chi connectivity index (χ1n) is 10.2. The lowest BCUT2D eigenvalue weighted by atomic mass is 10.0. The van der Waals surface area contributed by atoms with Gasteiger partial charge in [-0.3, -0.25) is 4.40 Å². The lowest BCUT2D eigenvalue weighted by Crippen LogP contribution is -2.36. The molecule has 1 aromatic carbocycles. The van der Waals surface area contributed by atoms with Crippen molar-refractivity contribution in [3.05, 3.63) is 53.9 Å². The van der Waals surface area contributed by atoms with Gasteiger partial charge in [0.05, 0.1) is 35.9 Å². The molecule has 4 heterocycles. The Kier molecular flexibility index (Phi) is 5.25. The van der Waals surface area contributed by atoms with Gasteiger partial charge in [-0.25, -0.2) is 23.1 Å². The number of pyridine rings is 1. The summed E-state index contributed by atoms with van der Waals surface area (Å²) >= 11 is 0. The summed E-state index contributed by atoms with van der Waals surface area (Å²) in [5.74, 6) is -0.467. The Morgan fingerprint density at radius 3 is 2.66 bits per heavy atom. The van der Waals surface area contributed by atoms with Crippen molar-refractivity contribution < 1.29 is 17.9 Å². The topological polar surface area (TPSA) is 80.5 Å². The number of nitrogens with zero attached hydrogens (tertiary/aromatic N) is 6. The number of morpholine rings is 1. The Morgan fingerprint density at radius 2 is 1.88 bits per heavy atom. The zero-order chi connectivity index (χ0) is 22.2. The van der Waals surface area contributed by atoms with E-state index in [1.54, 1.807) is 17.7 Å². The molecule has 0 aliphatic carbocycles. The molecule has 0 saturated carbocycles. The molecule has 5 rings (SSSR count). The second kappa shape index (κ2) is 8.23. The Balaban J connectivity index is 1.58. The van der Waals surface area contributed by atoms with Crippen molar-refractivity contribution in [2.24, 2.45) is 0 Å². The number of nitrogens with one attached hydrogen (secondary N) is 1. The summed E-state index contributed by atoms with van der Waals surface area (Å²) in [6.07, 6.45) is 0.0743. The standard InChI is InChI=1S/C21H20F3N7O/c1-12(13-3-2-4-14(17(13)22)18(23)24)28-19-15-9-16(30-5-7-32-8-6-30)21-29-27-11-31(21)20(15)26-10-25-19/h2-4,9-12,18H,5-8H2,1H3,(H,25,26,28)/t12-/m1/s1. The molecule has 0 unspecified atom stereocenters. The van der Waals surface area contributed by atoms with Gasteiger partial charge >= 0.3 is 0 Å². The number of fused-ring (bicyclic) bond motifs is 3. The van der Waals surface area contributed by atoms with Crippen molar-refractivity contribution in [3.63, 3.8) is 0 Å². The number of halogens is 3. The van der Waals surface area contributed by atoms with Crippen molar-refractivity contribution >= 4 is 28.2 Å². The van der Waals surface area contributed by atoms with Crippen molar-refractivity contribution in [2.45, 2.75) is 19.4 Å². The summed E-state index contributed by atoms with van der Waals surface area (Å²) in [7, 11) is 0. The number of rotatable bonds is 5. The first kappa shape index (κ1) is 20.4. The number of alkyl halides is 2. The van der Waals surface area contributed by atoms with E-state index < -0.39 is 23.8 Å². The van der Waals surface area contributed by atoms with Gasteiger partial charge in [0.2, 0.25) is 0 Å². The molecule has 32 heavy (non-hydrogen) atoms. The van der Waals surface area contributed by atoms with Crippen LogP contribution in [0.3, 0.4) is 0 Å². The fourth-order valence-corrected chi connectivity index (χ4v) is 3.98. The maximum absolute atomic E-state index is 14.7. The Morgan fingerprint density at radius 1 is 1.09 bits per heavy atom. The predicted octanol–water partition coefficient (Wildman–Crippen LogP) is 3.76. The molecule has 11 heteroatoms. The number of anilines is 2. The van der Waals surface area contributed by atoms with Crippen LogP contribution in [0.4, 0.5) is 24.7 Å². The summed E-state index contributed by atoms with van der Waals surface area (Å²) in [4.78, 5) is 10.9. The molecule has 1 fully saturated rings. The van der Waals surface area contributed by atoms with Gasteiger partial charge in [0, 0.05) is 18.7 Å². The third kappa shape index (κ3) is 3.48. The summed E-state index contributed by atoms with van der Waals surface area (Å²) < 4.78 is 48.2. The SMILES string of the molecule is C[C@@H](Nc1ncnc2c1cc(N1CCOCC1)c1nncn12)c1cccc(C(F)F)c1F. The van der Waals surface area contributed by atoms with Gasteiger partial charge in [-0.05, 0) is 13.0 Å². The predicted molar refractivity (Wildman–Crippen MR) is 113 cm³/mol. The lowest BCUT2D eigenvalue weighted by Gasteiger charge is -2.29. The average molecular weight is 443 g/mol. The molecule has 1 atom stereocenters. The van der Waals surface area contributed by atoms with E-state index in [0.717, 1.165) is 11.8 Å². The van der Waals surface area contributed by atoms with Gasteiger partial charge in [0.15, 0.2) is 11.3 Å². The average Bonchev–Trinajstić information content (AvgIpc) is 3.29. The van der Waals surface area contributed by atoms with Crippen LogP contribution >= 0.6 is 0 Å². The Labute approximate surface area is 181 Å². The number of hydrogen-bond donors (Lipinski definition) is 1. The molecule has 1 N–H and O–H groups in total. The highest BCUT2D eigenvalue weighted by Crippen LogP contribution is 2.32. The molecule has 166 valence electrons. The van der Waals surface area contributed by atoms with E-state index in [0.29, 0.717) is 48.8 Å². The van der Waals surface area contributed by atoms with Crippen LogP contribution in [0.5, 0.6) is 0 Å². The zero-order valence-corrected chi connectivity index (χ0v) is 17.2. The van der Waals surface area contributed by atoms with Gasteiger partial charge in [-0.15, -0.1) is 10.2 Å². The minimum Gasteiger partial charge on any atom is -0.378 e. The largest absolute Gasteiger partial charge is 0.378 e. The molecule has 8 nitrogen and oxygen atoms in total. The zero-order valence-electron chi connectivity index (χ0n) is 17.2. The van der Waals surface area contributed by atoms with Gasteiger partial charge in [0.1, 0.15) is 24.3 Å². The minimum atomic E-state index is -2.89. The van der Waals surface area contributed by atoms with E-state index >= 15 is 0 Å². The molecule has 1 aliphatic rings. The van der Waals surface area contributed by atoms with Gasteiger partial charge < -0.3 is 15.0 Å². The third-order valence-electron chi connectivity index (χ3n) is 5.61. The van der Waals surface area contributed by atoms with E-state index in [2.05, 4.69) is 30.4 Å². The first-order valence-corrected chi connectivity index (χ1v) is 10.2. The fraction of sp³-hybridized carbons (Fsp3) is 0.333. The van der Waals surface area contributed by atoms with Crippen LogP contribution in [0.2, 0.25) is 0 Å². The second-order valence-corrected chi connectivity index (χ2v) is 7.53. The van der Waals surface area contributed by atoms with Gasteiger partial charge in [-0.1, -0.05) is 18.2 Å². The van der Waals surface area contributed by atoms with Crippen LogP contribution in [-0.4, -0.2) is 50.9 Å². The molecular formula is C21H20F3N7O. The molecule has 1 aliphatic heterocycles. The highest BCUT2D eigenvalue weighted by Gasteiger charge is 2.22. The van der Waals surface area contributed by atoms with Crippen molar-refractivity contribution in [1.29, 1.82) is 0 Å². The minimum absolute atomic E-state index is 0.133. The van der Waals surface area contributed by atoms with Crippen LogP contribution in [0.25, 0.3) is 16.7 Å². The van der Waals surface area contributed by atoms with E-state index in [1.807, 2.05) is 6.07 Å². The van der Waals surface area contributed by atoms with Crippen LogP contribution in [0.1, 0.15) is 30.5 Å². The molecule has 1 saturated heterocycles. The highest BCUT2D eigenvalue weighted by molar-refractivity contribution is 5.93. The molecule has 3 aromatic heterocycles. The number of aromatic nitrogens is 5. The van der Waals surface area contributed by atoms with Crippen molar-refractivity contribution in [2.75, 3.05) is 36.5 Å². The smallest absolute Gasteiger partial charge is 0.266 e. The van der Waals surface area contributed by atoms with E-state index in [-0.39, 0.29) is 5.56 Å². The summed E-state index contributed by atoms with van der Waals surface area (Å²) in [5, 5.41) is 12.1. The van der Waals surface area contributed by atoms with E-state index in [4.69, 9.17) is 4.74 Å². The molecular weight excluding hydrogens is 423 g/mol. The molecule has 4 aromatic rings. The van der Waals surface area contributed by atoms with Gasteiger partial charge in [-0.2, -0.15) is 0 Å². The molecule has 0 radical (unpaired) electrons. The van der Waals surface area contributed by atoms with E-state index in [1.165, 1.54) is 18.5 Å². The quantitative estimate of drug-likeness (QED) is 0.503. The van der Waals surface area contributed by atoms with E-state index in [9.17, 15) is 13.2 Å². The third-order valence-corrected chi connectivity index (χ3v) is 5.61. The maximum atomic E-state index is 14.7. The van der Waals surface area contributed by atoms with Crippen molar-refractivity contribution in [3.8, 4) is 0 Å². The van der Waals surface area contributed by atoms with Crippen LogP contribution in [0, 0.1) is 5.82 Å². The van der Waals surface area contributed by atoms with Crippen LogP contribution in [0.15, 0.2) is 36.9 Å². The Bertz CT molecular complexity index is 1270. The maximum Gasteiger partial charge on any atom is 0.266 e. The number of benzene rings is 1. The molecule has 0 bridgehead atoms. The second-order valence-electron chi connectivity index (χ2n) is 7.53. The van der Waals surface area contributed by atoms with Crippen LogP contribution in [-0.2, 0) is 4.74 Å². The summed E-state index contributed by atoms with van der Waals surface area (Å²) in [5.41, 5.74) is 1.61. The first-order chi connectivity index (χ1) is 15.5. The van der Waals surface area contributed by atoms with Crippen LogP contribution < -0.4 is 10.2 Å². The fourth-order valence-electron chi connectivity index (χ4n) is 3.98. The number of hydrogen-bond acceptors (Lipinski definition) is 7. The van der Waals surface area contributed by atoms with Crippen molar-refractivity contribution in [1.82, 2.24) is 24.6 Å². The summed E-state index contributed by atoms with van der Waals surface area (Å²) in [6, 6.07) is 5.31. The normalized spacial score (nSPS) is 15.6. The Hall–Kier alpha value is -3.47. The van der Waals surface area contributed by atoms with Gasteiger partial charge in [0.25, 0.3) is 6.43 Å². The monoisotopic (exact) mass is 443 g/mol. The lowest BCUT2D eigenvalue weighted by molar-refractivity contribution is 0.123. The highest BCUT2D eigenvalue weighted by atomic mass is 19.3. The molecule has 0 spiro atoms.